The first-order valence-corrected chi connectivity index (χ1v) is 6.69. The molecule has 2 aromatic rings. The van der Waals surface area contributed by atoms with Gasteiger partial charge >= 0.3 is 0 Å². The molecule has 0 spiro atoms. The van der Waals surface area contributed by atoms with E-state index in [0.717, 1.165) is 5.69 Å². The highest BCUT2D eigenvalue weighted by Crippen LogP contribution is 2.10. The number of amides is 2. The van der Waals surface area contributed by atoms with E-state index in [9.17, 15) is 14.7 Å². The lowest BCUT2D eigenvalue weighted by Crippen LogP contribution is -2.51. The first kappa shape index (κ1) is 15.7. The molecule has 7 heteroatoms. The van der Waals surface area contributed by atoms with E-state index in [0.29, 0.717) is 5.56 Å². The van der Waals surface area contributed by atoms with Crippen LogP contribution in [0.15, 0.2) is 48.8 Å². The fourth-order valence-electron chi connectivity index (χ4n) is 1.99. The number of hydroxylamine groups is 1. The molecule has 1 aromatic carbocycles. The third-order valence-corrected chi connectivity index (χ3v) is 3.19. The van der Waals surface area contributed by atoms with Gasteiger partial charge in [0.25, 0.3) is 11.8 Å². The molecule has 7 nitrogen and oxygen atoms in total. The zero-order valence-corrected chi connectivity index (χ0v) is 11.9. The molecule has 2 rings (SSSR count). The van der Waals surface area contributed by atoms with Crippen molar-refractivity contribution in [3.05, 3.63) is 54.4 Å². The predicted octanol–water partition coefficient (Wildman–Crippen LogP) is 0.462. The van der Waals surface area contributed by atoms with Crippen LogP contribution in [0.1, 0.15) is 17.3 Å². The summed E-state index contributed by atoms with van der Waals surface area (Å²) >= 11 is 0. The highest BCUT2D eigenvalue weighted by Gasteiger charge is 2.25. The molecule has 0 saturated heterocycles. The molecule has 116 valence electrons. The number of nitrogens with one attached hydrogen (secondary N) is 2. The fourth-order valence-corrected chi connectivity index (χ4v) is 1.99. The van der Waals surface area contributed by atoms with Gasteiger partial charge in [-0.15, -0.1) is 0 Å². The zero-order chi connectivity index (χ0) is 16.1. The number of nitrogens with zero attached hydrogens (tertiary/aromatic N) is 1. The van der Waals surface area contributed by atoms with Gasteiger partial charge in [-0.3, -0.25) is 14.8 Å². The normalized spacial score (nSPS) is 13.2. The minimum atomic E-state index is -1.23. The van der Waals surface area contributed by atoms with Crippen LogP contribution in [-0.4, -0.2) is 38.8 Å². The van der Waals surface area contributed by atoms with Gasteiger partial charge in [-0.05, 0) is 43.3 Å². The summed E-state index contributed by atoms with van der Waals surface area (Å²) in [6.45, 7) is 1.34. The summed E-state index contributed by atoms with van der Waals surface area (Å²) < 4.78 is 1.89. The molecule has 0 radical (unpaired) electrons. The number of aliphatic hydroxyl groups is 1. The van der Waals surface area contributed by atoms with E-state index in [2.05, 4.69) is 5.32 Å². The standard InChI is InChI=1S/C15H17N3O4/c1-10(19)13(15(21)17-22)16-14(20)11-4-6-12(7-5-11)18-8-2-3-9-18/h2-10,13,19,22H,1H3,(H,16,20)(H,17,21)/t10-,13+/m1/s1. The Morgan fingerprint density at radius 2 is 1.73 bits per heavy atom. The second-order valence-electron chi connectivity index (χ2n) is 4.80. The second kappa shape index (κ2) is 6.88. The van der Waals surface area contributed by atoms with Crippen molar-refractivity contribution in [2.45, 2.75) is 19.1 Å². The lowest BCUT2D eigenvalue weighted by Gasteiger charge is -2.19. The summed E-state index contributed by atoms with van der Waals surface area (Å²) in [6, 6.07) is 9.29. The van der Waals surface area contributed by atoms with Crippen molar-refractivity contribution in [2.24, 2.45) is 0 Å². The summed E-state index contributed by atoms with van der Waals surface area (Å²) in [5.41, 5.74) is 2.64. The van der Waals surface area contributed by atoms with Crippen LogP contribution in [0.25, 0.3) is 5.69 Å². The number of benzene rings is 1. The lowest BCUT2D eigenvalue weighted by molar-refractivity contribution is -0.133. The van der Waals surface area contributed by atoms with E-state index in [4.69, 9.17) is 5.21 Å². The van der Waals surface area contributed by atoms with Gasteiger partial charge in [-0.1, -0.05) is 0 Å². The predicted molar refractivity (Wildman–Crippen MR) is 78.6 cm³/mol. The summed E-state index contributed by atoms with van der Waals surface area (Å²) in [5, 5.41) is 20.5. The molecule has 2 atom stereocenters. The van der Waals surface area contributed by atoms with Crippen molar-refractivity contribution in [3.63, 3.8) is 0 Å². The number of aliphatic hydroxyl groups excluding tert-OH is 1. The van der Waals surface area contributed by atoms with Gasteiger partial charge in [0.2, 0.25) is 0 Å². The van der Waals surface area contributed by atoms with Crippen molar-refractivity contribution in [1.82, 2.24) is 15.4 Å². The topological polar surface area (TPSA) is 104 Å². The third-order valence-electron chi connectivity index (χ3n) is 3.19. The third kappa shape index (κ3) is 3.51. The van der Waals surface area contributed by atoms with Crippen molar-refractivity contribution >= 4 is 11.8 Å². The number of carbonyl (C=O) groups excluding carboxylic acids is 2. The summed E-state index contributed by atoms with van der Waals surface area (Å²) in [4.78, 5) is 23.5. The number of rotatable bonds is 5. The molecular formula is C15H17N3O4. The molecule has 22 heavy (non-hydrogen) atoms. The van der Waals surface area contributed by atoms with E-state index >= 15 is 0 Å². The van der Waals surface area contributed by atoms with Crippen LogP contribution in [0.4, 0.5) is 0 Å². The molecule has 1 aromatic heterocycles. The first-order chi connectivity index (χ1) is 10.5. The molecule has 0 fully saturated rings. The van der Waals surface area contributed by atoms with Crippen LogP contribution < -0.4 is 10.8 Å². The fraction of sp³-hybridized carbons (Fsp3) is 0.200. The molecule has 1 heterocycles. The van der Waals surface area contributed by atoms with Crippen molar-refractivity contribution < 1.29 is 19.9 Å². The number of hydrogen-bond donors (Lipinski definition) is 4. The van der Waals surface area contributed by atoms with E-state index < -0.39 is 24.0 Å². The van der Waals surface area contributed by atoms with Gasteiger partial charge in [-0.2, -0.15) is 0 Å². The quantitative estimate of drug-likeness (QED) is 0.476. The highest BCUT2D eigenvalue weighted by atomic mass is 16.5. The number of hydrogen-bond acceptors (Lipinski definition) is 4. The molecule has 0 saturated carbocycles. The van der Waals surface area contributed by atoms with Crippen LogP contribution in [0.5, 0.6) is 0 Å². The average molecular weight is 303 g/mol. The molecule has 0 aliphatic heterocycles. The number of carbonyl (C=O) groups is 2. The van der Waals surface area contributed by atoms with Gasteiger partial charge < -0.3 is 15.0 Å². The Bertz CT molecular complexity index is 635. The maximum atomic E-state index is 12.1. The second-order valence-corrected chi connectivity index (χ2v) is 4.80. The largest absolute Gasteiger partial charge is 0.391 e. The minimum absolute atomic E-state index is 0.340. The van der Waals surface area contributed by atoms with Crippen LogP contribution in [0, 0.1) is 0 Å². The van der Waals surface area contributed by atoms with Crippen LogP contribution in [-0.2, 0) is 4.79 Å². The van der Waals surface area contributed by atoms with Crippen LogP contribution in [0.3, 0.4) is 0 Å². The highest BCUT2D eigenvalue weighted by molar-refractivity contribution is 5.97. The van der Waals surface area contributed by atoms with Gasteiger partial charge in [0, 0.05) is 23.6 Å². The van der Waals surface area contributed by atoms with Gasteiger partial charge in [0.15, 0.2) is 0 Å². The molecule has 0 bridgehead atoms. The molecule has 4 N–H and O–H groups in total. The Morgan fingerprint density at radius 1 is 1.14 bits per heavy atom. The zero-order valence-electron chi connectivity index (χ0n) is 11.9. The van der Waals surface area contributed by atoms with Crippen molar-refractivity contribution in [2.75, 3.05) is 0 Å². The van der Waals surface area contributed by atoms with Crippen molar-refractivity contribution in [1.29, 1.82) is 0 Å². The molecular weight excluding hydrogens is 286 g/mol. The molecule has 2 amide bonds. The maximum absolute atomic E-state index is 12.1. The average Bonchev–Trinajstić information content (AvgIpc) is 3.06. The Labute approximate surface area is 127 Å². The van der Waals surface area contributed by atoms with Crippen LogP contribution >= 0.6 is 0 Å². The Morgan fingerprint density at radius 3 is 2.23 bits per heavy atom. The molecule has 0 aliphatic carbocycles. The number of aromatic nitrogens is 1. The molecule has 0 unspecified atom stereocenters. The lowest BCUT2D eigenvalue weighted by atomic mass is 10.1. The Balaban J connectivity index is 2.11. The van der Waals surface area contributed by atoms with E-state index in [1.807, 2.05) is 29.1 Å². The smallest absolute Gasteiger partial charge is 0.268 e. The minimum Gasteiger partial charge on any atom is -0.391 e. The van der Waals surface area contributed by atoms with Gasteiger partial charge in [0.05, 0.1) is 6.10 Å². The van der Waals surface area contributed by atoms with Crippen molar-refractivity contribution in [3.8, 4) is 5.69 Å². The maximum Gasteiger partial charge on any atom is 0.268 e. The van der Waals surface area contributed by atoms with Gasteiger partial charge in [-0.25, -0.2) is 5.48 Å². The monoisotopic (exact) mass is 303 g/mol. The molecule has 0 aliphatic rings. The Kier molecular flexibility index (Phi) is 4.92. The first-order valence-electron chi connectivity index (χ1n) is 6.69. The van der Waals surface area contributed by atoms with E-state index in [1.54, 1.807) is 24.3 Å². The Hall–Kier alpha value is -2.64. The summed E-state index contributed by atoms with van der Waals surface area (Å²) in [7, 11) is 0. The summed E-state index contributed by atoms with van der Waals surface area (Å²) in [6.07, 6.45) is 2.61. The van der Waals surface area contributed by atoms with Gasteiger partial charge in [0.1, 0.15) is 6.04 Å². The SMILES string of the molecule is C[C@@H](O)[C@H](NC(=O)c1ccc(-n2cccc2)cc1)C(=O)NO. The summed E-state index contributed by atoms with van der Waals surface area (Å²) in [5.74, 6) is -1.40. The van der Waals surface area contributed by atoms with E-state index in [-0.39, 0.29) is 0 Å². The van der Waals surface area contributed by atoms with Crippen LogP contribution in [0.2, 0.25) is 0 Å². The van der Waals surface area contributed by atoms with E-state index in [1.165, 1.54) is 12.4 Å².